The number of aliphatic hydroxyl groups is 1. The number of primary amides is 1. The summed E-state index contributed by atoms with van der Waals surface area (Å²) in [6, 6.07) is -6.40. The lowest BCUT2D eigenvalue weighted by Gasteiger charge is -2.31. The van der Waals surface area contributed by atoms with Gasteiger partial charge in [0.05, 0.1) is 19.1 Å². The van der Waals surface area contributed by atoms with Gasteiger partial charge in [0.25, 0.3) is 0 Å². The molecule has 17 nitrogen and oxygen atoms in total. The van der Waals surface area contributed by atoms with Crippen LogP contribution in [0.3, 0.4) is 0 Å². The van der Waals surface area contributed by atoms with Gasteiger partial charge in [-0.2, -0.15) is 0 Å². The Kier molecular flexibility index (Phi) is 15.5. The van der Waals surface area contributed by atoms with E-state index in [4.69, 9.17) is 17.2 Å². The number of aliphatic hydroxyl groups excluding tert-OH is 1. The molecule has 6 amide bonds. The SMILES string of the molecule is CC(C)[C@H](NC(=O)CN)C(=O)N[C@@H](CCCCN)C(=O)N1CCC[C@H]1C(=O)N[C@@H](CC(N)=O)C(=O)N[C@H](C(=O)O)[C@@H](C)O. The van der Waals surface area contributed by atoms with E-state index in [0.29, 0.717) is 25.8 Å². The Bertz CT molecular complexity index is 1020. The van der Waals surface area contributed by atoms with Gasteiger partial charge in [-0.15, -0.1) is 0 Å². The summed E-state index contributed by atoms with van der Waals surface area (Å²) >= 11 is 0. The van der Waals surface area contributed by atoms with Crippen LogP contribution in [0.15, 0.2) is 0 Å². The van der Waals surface area contributed by atoms with Crippen molar-refractivity contribution in [3.63, 3.8) is 0 Å². The van der Waals surface area contributed by atoms with E-state index in [9.17, 15) is 43.8 Å². The second-order valence-electron chi connectivity index (χ2n) is 10.8. The van der Waals surface area contributed by atoms with Crippen LogP contribution in [0, 0.1) is 5.92 Å². The van der Waals surface area contributed by atoms with Gasteiger partial charge in [-0.3, -0.25) is 28.8 Å². The molecule has 0 radical (unpaired) electrons. The molecule has 1 heterocycles. The van der Waals surface area contributed by atoms with Crippen LogP contribution >= 0.6 is 0 Å². The van der Waals surface area contributed by atoms with Gasteiger partial charge < -0.3 is 53.6 Å². The van der Waals surface area contributed by atoms with Gasteiger partial charge in [0, 0.05) is 6.54 Å². The average molecular weight is 615 g/mol. The molecule has 0 unspecified atom stereocenters. The minimum Gasteiger partial charge on any atom is -0.480 e. The standard InChI is InChI=1S/C26H46N8O9/c1-13(2)20(32-19(37)12-28)24(40)30-15(7-4-5-9-27)25(41)34-10-6-8-17(34)23(39)31-16(11-18(29)36)22(38)33-21(14(3)35)26(42)43/h13-17,20-21,35H,4-12,27-28H2,1-3H3,(H2,29,36)(H,30,40)(H,31,39)(H,32,37)(H,33,38)(H,42,43)/t14-,15+,16+,17+,20+,21+/m1/s1. The molecule has 1 saturated heterocycles. The quantitative estimate of drug-likeness (QED) is 0.0670. The summed E-state index contributed by atoms with van der Waals surface area (Å²) in [7, 11) is 0. The Morgan fingerprint density at radius 3 is 2.05 bits per heavy atom. The van der Waals surface area contributed by atoms with Crippen LogP contribution in [0.1, 0.15) is 59.3 Å². The average Bonchev–Trinajstić information content (AvgIpc) is 3.42. The number of nitrogens with zero attached hydrogens (tertiary/aromatic N) is 1. The van der Waals surface area contributed by atoms with Crippen molar-refractivity contribution in [2.45, 2.75) is 95.6 Å². The van der Waals surface area contributed by atoms with Gasteiger partial charge in [0.15, 0.2) is 6.04 Å². The fourth-order valence-electron chi connectivity index (χ4n) is 4.60. The lowest BCUT2D eigenvalue weighted by atomic mass is 10.0. The van der Waals surface area contributed by atoms with Crippen LogP contribution in [-0.4, -0.2) is 112 Å². The van der Waals surface area contributed by atoms with E-state index in [1.54, 1.807) is 13.8 Å². The highest BCUT2D eigenvalue weighted by Crippen LogP contribution is 2.21. The second kappa shape index (κ2) is 18.0. The molecule has 17 heteroatoms. The highest BCUT2D eigenvalue weighted by molar-refractivity contribution is 5.97. The number of amides is 6. The van der Waals surface area contributed by atoms with Crippen molar-refractivity contribution in [3.8, 4) is 0 Å². The zero-order chi connectivity index (χ0) is 32.9. The summed E-state index contributed by atoms with van der Waals surface area (Å²) in [4.78, 5) is 89.1. The first kappa shape index (κ1) is 37.2. The van der Waals surface area contributed by atoms with Gasteiger partial charge in [-0.25, -0.2) is 4.79 Å². The number of unbranched alkanes of at least 4 members (excludes halogenated alkanes) is 1. The number of nitrogens with one attached hydrogen (secondary N) is 4. The molecule has 12 N–H and O–H groups in total. The molecule has 1 aliphatic rings. The van der Waals surface area contributed by atoms with Gasteiger partial charge in [-0.1, -0.05) is 13.8 Å². The maximum atomic E-state index is 13.7. The third kappa shape index (κ3) is 11.8. The molecule has 0 aromatic rings. The number of carbonyl (C=O) groups excluding carboxylic acids is 6. The smallest absolute Gasteiger partial charge is 0.328 e. The molecule has 0 saturated carbocycles. The van der Waals surface area contributed by atoms with Crippen molar-refractivity contribution in [1.82, 2.24) is 26.2 Å². The summed E-state index contributed by atoms with van der Waals surface area (Å²) in [5.74, 6) is -6.41. The van der Waals surface area contributed by atoms with Crippen LogP contribution in [0.4, 0.5) is 0 Å². The molecular formula is C26H46N8O9. The Labute approximate surface area is 250 Å². The third-order valence-corrected chi connectivity index (χ3v) is 6.94. The van der Waals surface area contributed by atoms with Crippen LogP contribution in [0.2, 0.25) is 0 Å². The lowest BCUT2D eigenvalue weighted by molar-refractivity contribution is -0.146. The summed E-state index contributed by atoms with van der Waals surface area (Å²) in [6.45, 7) is 4.75. The molecule has 1 rings (SSSR count). The van der Waals surface area contributed by atoms with Crippen molar-refractivity contribution in [2.75, 3.05) is 19.6 Å². The molecule has 0 bridgehead atoms. The number of nitrogens with two attached hydrogens (primary N) is 3. The van der Waals surface area contributed by atoms with Crippen molar-refractivity contribution >= 4 is 41.4 Å². The maximum Gasteiger partial charge on any atom is 0.328 e. The number of carboxylic acids is 1. The number of carboxylic acid groups (broad SMARTS) is 1. The normalized spacial score (nSPS) is 18.1. The largest absolute Gasteiger partial charge is 0.480 e. The summed E-state index contributed by atoms with van der Waals surface area (Å²) < 4.78 is 0. The summed E-state index contributed by atoms with van der Waals surface area (Å²) in [5.41, 5.74) is 16.2. The highest BCUT2D eigenvalue weighted by atomic mass is 16.4. The van der Waals surface area contributed by atoms with Gasteiger partial charge in [0.1, 0.15) is 24.2 Å². The molecule has 43 heavy (non-hydrogen) atoms. The van der Waals surface area contributed by atoms with Gasteiger partial charge >= 0.3 is 5.97 Å². The Balaban J connectivity index is 3.16. The molecule has 1 fully saturated rings. The van der Waals surface area contributed by atoms with E-state index in [1.165, 1.54) is 4.90 Å². The van der Waals surface area contributed by atoms with E-state index >= 15 is 0 Å². The van der Waals surface area contributed by atoms with Crippen LogP contribution < -0.4 is 38.5 Å². The Morgan fingerprint density at radius 2 is 1.53 bits per heavy atom. The predicted octanol–water partition coefficient (Wildman–Crippen LogP) is -4.00. The minimum absolute atomic E-state index is 0.160. The first-order valence-corrected chi connectivity index (χ1v) is 14.2. The fraction of sp³-hybridized carbons (Fsp3) is 0.731. The summed E-state index contributed by atoms with van der Waals surface area (Å²) in [6.07, 6.45) is -0.288. The number of hydrogen-bond donors (Lipinski definition) is 9. The van der Waals surface area contributed by atoms with Crippen molar-refractivity contribution in [3.05, 3.63) is 0 Å². The molecule has 6 atom stereocenters. The van der Waals surface area contributed by atoms with Crippen LogP contribution in [0.5, 0.6) is 0 Å². The van der Waals surface area contributed by atoms with E-state index < -0.39 is 84.1 Å². The molecule has 1 aliphatic heterocycles. The first-order valence-electron chi connectivity index (χ1n) is 14.2. The van der Waals surface area contributed by atoms with Crippen molar-refractivity contribution in [1.29, 1.82) is 0 Å². The van der Waals surface area contributed by atoms with Gasteiger partial charge in [-0.05, 0) is 51.5 Å². The Hall–Kier alpha value is -3.83. The van der Waals surface area contributed by atoms with Crippen LogP contribution in [0.25, 0.3) is 0 Å². The van der Waals surface area contributed by atoms with Crippen molar-refractivity contribution in [2.24, 2.45) is 23.1 Å². The molecule has 0 aromatic carbocycles. The summed E-state index contributed by atoms with van der Waals surface area (Å²) in [5, 5.41) is 28.6. The van der Waals surface area contributed by atoms with E-state index in [2.05, 4.69) is 21.3 Å². The monoisotopic (exact) mass is 614 g/mol. The van der Waals surface area contributed by atoms with Crippen molar-refractivity contribution < 1.29 is 43.8 Å². The number of likely N-dealkylation sites (tertiary alicyclic amines) is 1. The second-order valence-corrected chi connectivity index (χ2v) is 10.8. The molecule has 244 valence electrons. The number of hydrogen-bond acceptors (Lipinski definition) is 10. The van der Waals surface area contributed by atoms with E-state index in [1.807, 2.05) is 0 Å². The highest BCUT2D eigenvalue weighted by Gasteiger charge is 2.40. The molecule has 0 aliphatic carbocycles. The molecule has 0 aromatic heterocycles. The predicted molar refractivity (Wildman–Crippen MR) is 152 cm³/mol. The maximum absolute atomic E-state index is 13.7. The first-order chi connectivity index (χ1) is 20.1. The minimum atomic E-state index is -1.72. The third-order valence-electron chi connectivity index (χ3n) is 6.94. The molecular weight excluding hydrogens is 568 g/mol. The van der Waals surface area contributed by atoms with Crippen LogP contribution in [-0.2, 0) is 33.6 Å². The lowest BCUT2D eigenvalue weighted by Crippen LogP contribution is -2.60. The number of carbonyl (C=O) groups is 7. The van der Waals surface area contributed by atoms with Gasteiger partial charge in [0.2, 0.25) is 35.4 Å². The molecule has 0 spiro atoms. The van der Waals surface area contributed by atoms with E-state index in [0.717, 1.165) is 6.92 Å². The fourth-order valence-corrected chi connectivity index (χ4v) is 4.60. The topological polar surface area (TPSA) is 289 Å². The Morgan fingerprint density at radius 1 is 0.884 bits per heavy atom. The zero-order valence-electron chi connectivity index (χ0n) is 24.8. The zero-order valence-corrected chi connectivity index (χ0v) is 24.8. The number of rotatable bonds is 18. The van der Waals surface area contributed by atoms with E-state index in [-0.39, 0.29) is 31.8 Å². The number of aliphatic carboxylic acids is 1.